The zero-order valence-corrected chi connectivity index (χ0v) is 8.34. The maximum Gasteiger partial charge on any atom is 0.200 e. The molecule has 1 aliphatic carbocycles. The van der Waals surface area contributed by atoms with Crippen molar-refractivity contribution in [1.82, 2.24) is 0 Å². The SMILES string of the molecule is CC1CC(Oc2cc(O)c(F)c(F)c2)C1. The molecule has 0 aliphatic heterocycles. The number of rotatable bonds is 2. The van der Waals surface area contributed by atoms with Gasteiger partial charge in [0, 0.05) is 12.1 Å². The molecule has 1 saturated carbocycles. The topological polar surface area (TPSA) is 29.5 Å². The third kappa shape index (κ3) is 2.03. The van der Waals surface area contributed by atoms with E-state index in [1.807, 2.05) is 0 Å². The van der Waals surface area contributed by atoms with Crippen LogP contribution in [0, 0.1) is 17.6 Å². The van der Waals surface area contributed by atoms with E-state index in [9.17, 15) is 8.78 Å². The van der Waals surface area contributed by atoms with Gasteiger partial charge in [-0.05, 0) is 18.8 Å². The average Bonchev–Trinajstić information content (AvgIpc) is 2.11. The summed E-state index contributed by atoms with van der Waals surface area (Å²) in [7, 11) is 0. The molecule has 0 heterocycles. The lowest BCUT2D eigenvalue weighted by molar-refractivity contribution is 0.0732. The van der Waals surface area contributed by atoms with Gasteiger partial charge in [-0.25, -0.2) is 4.39 Å². The summed E-state index contributed by atoms with van der Waals surface area (Å²) >= 11 is 0. The molecule has 0 spiro atoms. The van der Waals surface area contributed by atoms with Crippen LogP contribution in [0.1, 0.15) is 19.8 Å². The normalized spacial score (nSPS) is 24.7. The maximum atomic E-state index is 12.9. The van der Waals surface area contributed by atoms with Crippen molar-refractivity contribution in [3.8, 4) is 11.5 Å². The highest BCUT2D eigenvalue weighted by Gasteiger charge is 2.27. The zero-order chi connectivity index (χ0) is 11.0. The van der Waals surface area contributed by atoms with Crippen molar-refractivity contribution in [2.24, 2.45) is 5.92 Å². The minimum absolute atomic E-state index is 0.0595. The lowest BCUT2D eigenvalue weighted by atomic mass is 9.84. The molecule has 1 aromatic carbocycles. The minimum Gasteiger partial charge on any atom is -0.505 e. The first-order valence-corrected chi connectivity index (χ1v) is 4.91. The monoisotopic (exact) mass is 214 g/mol. The van der Waals surface area contributed by atoms with E-state index in [1.165, 1.54) is 0 Å². The molecule has 0 aromatic heterocycles. The Morgan fingerprint density at radius 3 is 2.53 bits per heavy atom. The summed E-state index contributed by atoms with van der Waals surface area (Å²) in [6.45, 7) is 2.10. The van der Waals surface area contributed by atoms with Gasteiger partial charge in [0.05, 0.1) is 6.10 Å². The van der Waals surface area contributed by atoms with E-state index in [2.05, 4.69) is 6.92 Å². The van der Waals surface area contributed by atoms with Crippen LogP contribution >= 0.6 is 0 Å². The predicted octanol–water partition coefficient (Wildman–Crippen LogP) is 2.85. The highest BCUT2D eigenvalue weighted by atomic mass is 19.2. The van der Waals surface area contributed by atoms with Gasteiger partial charge in [0.15, 0.2) is 11.6 Å². The van der Waals surface area contributed by atoms with E-state index < -0.39 is 17.4 Å². The molecular weight excluding hydrogens is 202 g/mol. The van der Waals surface area contributed by atoms with Crippen molar-refractivity contribution in [2.75, 3.05) is 0 Å². The van der Waals surface area contributed by atoms with Crippen LogP contribution in [0.5, 0.6) is 11.5 Å². The van der Waals surface area contributed by atoms with Crippen molar-refractivity contribution in [3.05, 3.63) is 23.8 Å². The van der Waals surface area contributed by atoms with Gasteiger partial charge in [0.2, 0.25) is 5.82 Å². The number of hydrogen-bond donors (Lipinski definition) is 1. The van der Waals surface area contributed by atoms with Crippen molar-refractivity contribution in [1.29, 1.82) is 0 Å². The van der Waals surface area contributed by atoms with Gasteiger partial charge < -0.3 is 9.84 Å². The molecule has 15 heavy (non-hydrogen) atoms. The van der Waals surface area contributed by atoms with Crippen LogP contribution in [0.2, 0.25) is 0 Å². The molecule has 0 radical (unpaired) electrons. The molecule has 2 nitrogen and oxygen atoms in total. The smallest absolute Gasteiger partial charge is 0.200 e. The lowest BCUT2D eigenvalue weighted by Crippen LogP contribution is -2.31. The average molecular weight is 214 g/mol. The molecule has 0 saturated heterocycles. The van der Waals surface area contributed by atoms with Gasteiger partial charge in [-0.2, -0.15) is 4.39 Å². The van der Waals surface area contributed by atoms with E-state index in [4.69, 9.17) is 9.84 Å². The first-order valence-electron chi connectivity index (χ1n) is 4.91. The van der Waals surface area contributed by atoms with E-state index >= 15 is 0 Å². The number of aromatic hydroxyl groups is 1. The standard InChI is InChI=1S/C11H12F2O2/c1-6-2-7(3-6)15-8-4-9(12)11(13)10(14)5-8/h4-7,14H,2-3H2,1H3. The number of benzene rings is 1. The van der Waals surface area contributed by atoms with Crippen molar-refractivity contribution < 1.29 is 18.6 Å². The summed E-state index contributed by atoms with van der Waals surface area (Å²) in [4.78, 5) is 0. The van der Waals surface area contributed by atoms with Gasteiger partial charge >= 0.3 is 0 Å². The molecule has 1 N–H and O–H groups in total. The molecule has 0 unspecified atom stereocenters. The van der Waals surface area contributed by atoms with Crippen LogP contribution in [0.15, 0.2) is 12.1 Å². The van der Waals surface area contributed by atoms with E-state index in [1.54, 1.807) is 0 Å². The zero-order valence-electron chi connectivity index (χ0n) is 8.34. The quantitative estimate of drug-likeness (QED) is 0.820. The number of hydrogen-bond acceptors (Lipinski definition) is 2. The Labute approximate surface area is 86.5 Å². The molecule has 4 heteroatoms. The minimum atomic E-state index is -1.23. The summed E-state index contributed by atoms with van der Waals surface area (Å²) in [6.07, 6.45) is 1.89. The van der Waals surface area contributed by atoms with E-state index in [-0.39, 0.29) is 11.9 Å². The molecule has 1 aromatic rings. The van der Waals surface area contributed by atoms with Crippen LogP contribution in [-0.2, 0) is 0 Å². The Morgan fingerprint density at radius 2 is 2.00 bits per heavy atom. The van der Waals surface area contributed by atoms with Crippen LogP contribution in [0.4, 0.5) is 8.78 Å². The fourth-order valence-corrected chi connectivity index (χ4v) is 1.74. The summed E-state index contributed by atoms with van der Waals surface area (Å²) in [5.74, 6) is -2.23. The Bertz CT molecular complexity index is 350. The van der Waals surface area contributed by atoms with E-state index in [0.717, 1.165) is 25.0 Å². The second-order valence-corrected chi connectivity index (χ2v) is 4.05. The van der Waals surface area contributed by atoms with Gasteiger partial charge in [0.25, 0.3) is 0 Å². The third-order valence-corrected chi connectivity index (χ3v) is 2.62. The Morgan fingerprint density at radius 1 is 1.33 bits per heavy atom. The Kier molecular flexibility index (Phi) is 2.50. The molecule has 0 atom stereocenters. The molecule has 1 aliphatic rings. The Hall–Kier alpha value is -1.32. The van der Waals surface area contributed by atoms with Gasteiger partial charge in [-0.3, -0.25) is 0 Å². The Balaban J connectivity index is 2.09. The highest BCUT2D eigenvalue weighted by molar-refractivity contribution is 5.34. The third-order valence-electron chi connectivity index (χ3n) is 2.62. The largest absolute Gasteiger partial charge is 0.505 e. The fraction of sp³-hybridized carbons (Fsp3) is 0.455. The highest BCUT2D eigenvalue weighted by Crippen LogP contribution is 2.33. The van der Waals surface area contributed by atoms with Crippen molar-refractivity contribution in [3.63, 3.8) is 0 Å². The van der Waals surface area contributed by atoms with Gasteiger partial charge in [-0.15, -0.1) is 0 Å². The van der Waals surface area contributed by atoms with E-state index in [0.29, 0.717) is 5.92 Å². The summed E-state index contributed by atoms with van der Waals surface area (Å²) < 4.78 is 31.0. The first kappa shape index (κ1) is 10.2. The molecule has 0 amide bonds. The van der Waals surface area contributed by atoms with Crippen LogP contribution in [0.25, 0.3) is 0 Å². The van der Waals surface area contributed by atoms with Crippen LogP contribution < -0.4 is 4.74 Å². The number of phenols is 1. The molecule has 0 bridgehead atoms. The molecule has 2 rings (SSSR count). The summed E-state index contributed by atoms with van der Waals surface area (Å²) in [6, 6.07) is 2.05. The maximum absolute atomic E-state index is 12.9. The van der Waals surface area contributed by atoms with Crippen LogP contribution in [0.3, 0.4) is 0 Å². The van der Waals surface area contributed by atoms with Gasteiger partial charge in [-0.1, -0.05) is 6.92 Å². The fourth-order valence-electron chi connectivity index (χ4n) is 1.74. The number of phenolic OH excluding ortho intramolecular Hbond substituents is 1. The lowest BCUT2D eigenvalue weighted by Gasteiger charge is -2.32. The molecule has 82 valence electrons. The molecule has 1 fully saturated rings. The van der Waals surface area contributed by atoms with Crippen LogP contribution in [-0.4, -0.2) is 11.2 Å². The predicted molar refractivity (Wildman–Crippen MR) is 50.8 cm³/mol. The summed E-state index contributed by atoms with van der Waals surface area (Å²) in [5, 5.41) is 9.04. The van der Waals surface area contributed by atoms with Crippen molar-refractivity contribution in [2.45, 2.75) is 25.9 Å². The second-order valence-electron chi connectivity index (χ2n) is 4.05. The second kappa shape index (κ2) is 3.68. The number of halogens is 2. The first-order chi connectivity index (χ1) is 7.06. The van der Waals surface area contributed by atoms with Crippen molar-refractivity contribution >= 4 is 0 Å². The number of ether oxygens (including phenoxy) is 1. The van der Waals surface area contributed by atoms with Gasteiger partial charge in [0.1, 0.15) is 5.75 Å². The summed E-state index contributed by atoms with van der Waals surface area (Å²) in [5.41, 5.74) is 0. The molecular formula is C11H12F2O2.